The molecule has 1 aromatic heterocycles. The number of carboxylic acids is 1. The van der Waals surface area contributed by atoms with Crippen LogP contribution in [-0.2, 0) is 0 Å². The molecule has 1 aromatic carbocycles. The van der Waals surface area contributed by atoms with Gasteiger partial charge in [0.1, 0.15) is 11.3 Å². The molecule has 2 aromatic rings. The highest BCUT2D eigenvalue weighted by Gasteiger charge is 2.26. The lowest BCUT2D eigenvalue weighted by Crippen LogP contribution is -2.38. The van der Waals surface area contributed by atoms with E-state index in [-0.39, 0.29) is 17.2 Å². The van der Waals surface area contributed by atoms with Crippen molar-refractivity contribution in [2.45, 2.75) is 45.6 Å². The maximum Gasteiger partial charge on any atom is 0.341 e. The molecule has 0 spiro atoms. The Kier molecular flexibility index (Phi) is 5.37. The standard InChI is InChI=1S/C21H26N2O4/c1-13(2)22-8-6-15(7-9-22)19-11-20(25)17(21(26)27)12-23(19)18-5-4-16(24)10-14(18)3/h4-5,10-13,15,24H,6-9H2,1-3H3,(H,26,27). The van der Waals surface area contributed by atoms with Gasteiger partial charge in [-0.3, -0.25) is 4.79 Å². The van der Waals surface area contributed by atoms with E-state index in [0.717, 1.165) is 42.9 Å². The number of aromatic carboxylic acids is 1. The Morgan fingerprint density at radius 3 is 2.41 bits per heavy atom. The van der Waals surface area contributed by atoms with Gasteiger partial charge in [-0.1, -0.05) is 0 Å². The number of aryl methyl sites for hydroxylation is 1. The largest absolute Gasteiger partial charge is 0.508 e. The van der Waals surface area contributed by atoms with Crippen LogP contribution in [0, 0.1) is 6.92 Å². The summed E-state index contributed by atoms with van der Waals surface area (Å²) in [6, 6.07) is 6.94. The summed E-state index contributed by atoms with van der Waals surface area (Å²) in [6.07, 6.45) is 3.26. The van der Waals surface area contributed by atoms with Crippen molar-refractivity contribution in [1.29, 1.82) is 0 Å². The number of carboxylic acid groups (broad SMARTS) is 1. The molecule has 1 saturated heterocycles. The quantitative estimate of drug-likeness (QED) is 0.864. The van der Waals surface area contributed by atoms with Gasteiger partial charge in [0.25, 0.3) is 0 Å². The van der Waals surface area contributed by atoms with E-state index in [1.165, 1.54) is 12.3 Å². The summed E-state index contributed by atoms with van der Waals surface area (Å²) in [5.41, 5.74) is 1.72. The summed E-state index contributed by atoms with van der Waals surface area (Å²) in [6.45, 7) is 8.12. The lowest BCUT2D eigenvalue weighted by Gasteiger charge is -2.35. The Labute approximate surface area is 158 Å². The zero-order valence-electron chi connectivity index (χ0n) is 16.0. The molecule has 0 atom stereocenters. The lowest BCUT2D eigenvalue weighted by atomic mass is 9.91. The first-order chi connectivity index (χ1) is 12.8. The van der Waals surface area contributed by atoms with Crippen LogP contribution in [0.15, 0.2) is 35.3 Å². The number of nitrogens with zero attached hydrogens (tertiary/aromatic N) is 2. The van der Waals surface area contributed by atoms with Gasteiger partial charge in [-0.25, -0.2) is 4.79 Å². The molecule has 144 valence electrons. The Bertz CT molecular complexity index is 909. The zero-order chi connectivity index (χ0) is 19.7. The third-order valence-corrected chi connectivity index (χ3v) is 5.43. The van der Waals surface area contributed by atoms with Crippen LogP contribution in [0.5, 0.6) is 5.75 Å². The molecule has 1 aliphatic rings. The topological polar surface area (TPSA) is 82.8 Å². The van der Waals surface area contributed by atoms with Crippen molar-refractivity contribution in [3.05, 3.63) is 57.5 Å². The van der Waals surface area contributed by atoms with Gasteiger partial charge in [-0.15, -0.1) is 0 Å². The minimum Gasteiger partial charge on any atom is -0.508 e. The smallest absolute Gasteiger partial charge is 0.341 e. The Balaban J connectivity index is 2.09. The fourth-order valence-corrected chi connectivity index (χ4v) is 3.85. The molecule has 0 unspecified atom stereocenters. The Hall–Kier alpha value is -2.60. The van der Waals surface area contributed by atoms with Crippen LogP contribution in [0.25, 0.3) is 5.69 Å². The molecular weight excluding hydrogens is 344 g/mol. The number of hydrogen-bond acceptors (Lipinski definition) is 4. The normalized spacial score (nSPS) is 16.0. The maximum absolute atomic E-state index is 12.4. The van der Waals surface area contributed by atoms with E-state index in [1.54, 1.807) is 18.2 Å². The average molecular weight is 370 g/mol. The molecule has 3 rings (SSSR count). The number of phenolic OH excluding ortho intramolecular Hbond substituents is 1. The molecule has 0 amide bonds. The van der Waals surface area contributed by atoms with Crippen LogP contribution in [0.1, 0.15) is 54.2 Å². The molecule has 0 saturated carbocycles. The van der Waals surface area contributed by atoms with Crippen molar-refractivity contribution in [2.75, 3.05) is 13.1 Å². The number of rotatable bonds is 4. The van der Waals surface area contributed by atoms with E-state index in [9.17, 15) is 19.8 Å². The fourth-order valence-electron chi connectivity index (χ4n) is 3.85. The van der Waals surface area contributed by atoms with Gasteiger partial charge in [0.2, 0.25) is 0 Å². The minimum absolute atomic E-state index is 0.155. The first kappa shape index (κ1) is 19.2. The van der Waals surface area contributed by atoms with E-state index in [1.807, 2.05) is 11.5 Å². The van der Waals surface area contributed by atoms with Gasteiger partial charge < -0.3 is 19.7 Å². The number of pyridine rings is 1. The third kappa shape index (κ3) is 3.90. The second kappa shape index (κ2) is 7.56. The first-order valence-electron chi connectivity index (χ1n) is 9.32. The summed E-state index contributed by atoms with van der Waals surface area (Å²) >= 11 is 0. The van der Waals surface area contributed by atoms with Crippen molar-refractivity contribution >= 4 is 5.97 Å². The summed E-state index contributed by atoms with van der Waals surface area (Å²) in [7, 11) is 0. The highest BCUT2D eigenvalue weighted by atomic mass is 16.4. The number of phenols is 1. The van der Waals surface area contributed by atoms with Gasteiger partial charge >= 0.3 is 5.97 Å². The number of hydrogen-bond donors (Lipinski definition) is 2. The van der Waals surface area contributed by atoms with Crippen molar-refractivity contribution in [1.82, 2.24) is 9.47 Å². The highest BCUT2D eigenvalue weighted by molar-refractivity contribution is 5.87. The monoisotopic (exact) mass is 370 g/mol. The Morgan fingerprint density at radius 2 is 1.85 bits per heavy atom. The van der Waals surface area contributed by atoms with Gasteiger partial charge in [-0.05, 0) is 70.5 Å². The molecule has 6 heteroatoms. The molecule has 27 heavy (non-hydrogen) atoms. The van der Waals surface area contributed by atoms with E-state index in [2.05, 4.69) is 18.7 Å². The molecule has 1 fully saturated rings. The van der Waals surface area contributed by atoms with Crippen molar-refractivity contribution in [3.8, 4) is 11.4 Å². The predicted molar refractivity (Wildman–Crippen MR) is 104 cm³/mol. The minimum atomic E-state index is -1.23. The van der Waals surface area contributed by atoms with Crippen molar-refractivity contribution in [2.24, 2.45) is 0 Å². The molecule has 6 nitrogen and oxygen atoms in total. The van der Waals surface area contributed by atoms with E-state index in [4.69, 9.17) is 0 Å². The number of carbonyl (C=O) groups is 1. The molecule has 0 aliphatic carbocycles. The fraction of sp³-hybridized carbons (Fsp3) is 0.429. The first-order valence-corrected chi connectivity index (χ1v) is 9.32. The number of likely N-dealkylation sites (tertiary alicyclic amines) is 1. The number of piperidine rings is 1. The van der Waals surface area contributed by atoms with Gasteiger partial charge in [0, 0.05) is 35.6 Å². The van der Waals surface area contributed by atoms with E-state index >= 15 is 0 Å². The average Bonchev–Trinajstić information content (AvgIpc) is 2.61. The SMILES string of the molecule is Cc1cc(O)ccc1-n1cc(C(=O)O)c(=O)cc1C1CCN(C(C)C)CC1. The summed E-state index contributed by atoms with van der Waals surface area (Å²) in [5.74, 6) is -0.891. The summed E-state index contributed by atoms with van der Waals surface area (Å²) in [5, 5.41) is 19.1. The summed E-state index contributed by atoms with van der Waals surface area (Å²) in [4.78, 5) is 26.3. The van der Waals surface area contributed by atoms with Crippen LogP contribution in [0.4, 0.5) is 0 Å². The van der Waals surface area contributed by atoms with Gasteiger partial charge in [0.05, 0.1) is 0 Å². The lowest BCUT2D eigenvalue weighted by molar-refractivity contribution is 0.0694. The molecule has 0 radical (unpaired) electrons. The Morgan fingerprint density at radius 1 is 1.19 bits per heavy atom. The highest BCUT2D eigenvalue weighted by Crippen LogP contribution is 2.31. The zero-order valence-corrected chi connectivity index (χ0v) is 16.0. The van der Waals surface area contributed by atoms with Crippen LogP contribution >= 0.6 is 0 Å². The van der Waals surface area contributed by atoms with Crippen molar-refractivity contribution in [3.63, 3.8) is 0 Å². The predicted octanol–water partition coefficient (Wildman–Crippen LogP) is 3.14. The van der Waals surface area contributed by atoms with Crippen LogP contribution in [0.3, 0.4) is 0 Å². The molecular formula is C21H26N2O4. The molecule has 1 aliphatic heterocycles. The second-order valence-electron chi connectivity index (χ2n) is 7.53. The molecule has 0 bridgehead atoms. The number of benzene rings is 1. The summed E-state index contributed by atoms with van der Waals surface area (Å²) < 4.78 is 1.81. The van der Waals surface area contributed by atoms with Gasteiger partial charge in [0.15, 0.2) is 5.43 Å². The third-order valence-electron chi connectivity index (χ3n) is 5.43. The maximum atomic E-state index is 12.4. The van der Waals surface area contributed by atoms with E-state index in [0.29, 0.717) is 6.04 Å². The number of aromatic nitrogens is 1. The van der Waals surface area contributed by atoms with E-state index < -0.39 is 11.4 Å². The van der Waals surface area contributed by atoms with Crippen LogP contribution in [0.2, 0.25) is 0 Å². The molecule has 2 heterocycles. The molecule has 2 N–H and O–H groups in total. The second-order valence-corrected chi connectivity index (χ2v) is 7.53. The number of aromatic hydroxyl groups is 1. The van der Waals surface area contributed by atoms with Crippen LogP contribution < -0.4 is 5.43 Å². The van der Waals surface area contributed by atoms with Gasteiger partial charge in [-0.2, -0.15) is 0 Å². The van der Waals surface area contributed by atoms with Crippen LogP contribution in [-0.4, -0.2) is 44.8 Å². The van der Waals surface area contributed by atoms with Crippen molar-refractivity contribution < 1.29 is 15.0 Å².